The molecule has 4 nitrogen and oxygen atoms in total. The van der Waals surface area contributed by atoms with E-state index in [0.29, 0.717) is 0 Å². The van der Waals surface area contributed by atoms with Gasteiger partial charge in [-0.1, -0.05) is 20.8 Å². The van der Waals surface area contributed by atoms with Gasteiger partial charge in [0.1, 0.15) is 0 Å². The molecule has 0 radical (unpaired) electrons. The molecule has 108 valence electrons. The lowest BCUT2D eigenvalue weighted by atomic mass is 10.0. The van der Waals surface area contributed by atoms with Gasteiger partial charge in [-0.15, -0.1) is 0 Å². The van der Waals surface area contributed by atoms with Crippen molar-refractivity contribution in [3.63, 3.8) is 0 Å². The number of aromatic nitrogens is 3. The quantitative estimate of drug-likeness (QED) is 0.758. The van der Waals surface area contributed by atoms with Crippen LogP contribution in [0.15, 0.2) is 24.5 Å². The zero-order valence-electron chi connectivity index (χ0n) is 12.8. The Hall–Kier alpha value is -1.84. The number of carbonyl (C=O) groups excluding carboxylic acids is 1. The first-order valence-corrected chi connectivity index (χ1v) is 7.30. The van der Waals surface area contributed by atoms with E-state index in [2.05, 4.69) is 29.6 Å². The van der Waals surface area contributed by atoms with Gasteiger partial charge in [-0.3, -0.25) is 9.48 Å². The highest BCUT2D eigenvalue weighted by Crippen LogP contribution is 2.12. The topological polar surface area (TPSA) is 39.8 Å². The van der Waals surface area contributed by atoms with Crippen LogP contribution in [-0.2, 0) is 19.5 Å². The molecule has 2 aromatic rings. The van der Waals surface area contributed by atoms with E-state index < -0.39 is 0 Å². The second kappa shape index (κ2) is 6.07. The van der Waals surface area contributed by atoms with Gasteiger partial charge in [0.05, 0.1) is 17.9 Å². The highest BCUT2D eigenvalue weighted by molar-refractivity contribution is 5.97. The van der Waals surface area contributed by atoms with Crippen LogP contribution < -0.4 is 0 Å². The zero-order chi connectivity index (χ0) is 14.7. The van der Waals surface area contributed by atoms with E-state index >= 15 is 0 Å². The third kappa shape index (κ3) is 3.00. The van der Waals surface area contributed by atoms with Crippen molar-refractivity contribution in [1.82, 2.24) is 14.3 Å². The van der Waals surface area contributed by atoms with Crippen LogP contribution in [-0.4, -0.2) is 20.1 Å². The molecule has 20 heavy (non-hydrogen) atoms. The summed E-state index contributed by atoms with van der Waals surface area (Å²) in [5, 5.41) is 4.55. The zero-order valence-corrected chi connectivity index (χ0v) is 12.8. The van der Waals surface area contributed by atoms with E-state index in [4.69, 9.17) is 0 Å². The molecule has 0 unspecified atom stereocenters. The standard InChI is InChI=1S/C16H23N3O/c1-5-14-9-15(19(6-2)17-14)11-18-8-7-13(10-18)16(20)12(3)4/h7-10,12H,5-6,11H2,1-4H3. The van der Waals surface area contributed by atoms with E-state index in [9.17, 15) is 4.79 Å². The Morgan fingerprint density at radius 2 is 2.10 bits per heavy atom. The fourth-order valence-corrected chi connectivity index (χ4v) is 2.29. The first-order chi connectivity index (χ1) is 9.55. The molecule has 0 aromatic carbocycles. The third-order valence-corrected chi connectivity index (χ3v) is 3.48. The highest BCUT2D eigenvalue weighted by Gasteiger charge is 2.12. The van der Waals surface area contributed by atoms with Crippen LogP contribution in [0, 0.1) is 5.92 Å². The molecule has 2 aromatic heterocycles. The average Bonchev–Trinajstić information content (AvgIpc) is 3.04. The van der Waals surface area contributed by atoms with Gasteiger partial charge < -0.3 is 4.57 Å². The minimum absolute atomic E-state index is 0.0405. The summed E-state index contributed by atoms with van der Waals surface area (Å²) >= 11 is 0. The van der Waals surface area contributed by atoms with Crippen LogP contribution in [0.3, 0.4) is 0 Å². The minimum atomic E-state index is 0.0405. The lowest BCUT2D eigenvalue weighted by Crippen LogP contribution is -2.08. The summed E-state index contributed by atoms with van der Waals surface area (Å²) in [6, 6.07) is 4.04. The average molecular weight is 273 g/mol. The maximum atomic E-state index is 12.0. The number of carbonyl (C=O) groups is 1. The predicted octanol–water partition coefficient (Wildman–Crippen LogP) is 3.15. The van der Waals surface area contributed by atoms with Crippen LogP contribution in [0.5, 0.6) is 0 Å². The number of ketones is 1. The van der Waals surface area contributed by atoms with Crippen LogP contribution >= 0.6 is 0 Å². The van der Waals surface area contributed by atoms with E-state index in [1.807, 2.05) is 37.0 Å². The van der Waals surface area contributed by atoms with Crippen molar-refractivity contribution in [1.29, 1.82) is 0 Å². The smallest absolute Gasteiger partial charge is 0.166 e. The molecular formula is C16H23N3O. The summed E-state index contributed by atoms with van der Waals surface area (Å²) in [4.78, 5) is 12.0. The van der Waals surface area contributed by atoms with Gasteiger partial charge in [-0.25, -0.2) is 0 Å². The van der Waals surface area contributed by atoms with Crippen LogP contribution in [0.2, 0.25) is 0 Å². The lowest BCUT2D eigenvalue weighted by molar-refractivity contribution is 0.0939. The molecular weight excluding hydrogens is 250 g/mol. The largest absolute Gasteiger partial charge is 0.348 e. The summed E-state index contributed by atoms with van der Waals surface area (Å²) in [7, 11) is 0. The van der Waals surface area contributed by atoms with Crippen LogP contribution in [0.4, 0.5) is 0 Å². The normalized spacial score (nSPS) is 11.2. The van der Waals surface area contributed by atoms with E-state index in [1.54, 1.807) is 0 Å². The maximum absolute atomic E-state index is 12.0. The lowest BCUT2D eigenvalue weighted by Gasteiger charge is -2.05. The molecule has 2 heterocycles. The van der Waals surface area contributed by atoms with Gasteiger partial charge in [0.2, 0.25) is 0 Å². The van der Waals surface area contributed by atoms with Gasteiger partial charge in [-0.2, -0.15) is 5.10 Å². The highest BCUT2D eigenvalue weighted by atomic mass is 16.1. The molecule has 4 heteroatoms. The minimum Gasteiger partial charge on any atom is -0.348 e. The molecule has 0 amide bonds. The summed E-state index contributed by atoms with van der Waals surface area (Å²) < 4.78 is 4.08. The molecule has 0 fully saturated rings. The van der Waals surface area contributed by atoms with Crippen LogP contribution in [0.25, 0.3) is 0 Å². The second-order valence-corrected chi connectivity index (χ2v) is 5.39. The van der Waals surface area contributed by atoms with Crippen molar-refractivity contribution in [2.45, 2.75) is 47.2 Å². The first-order valence-electron chi connectivity index (χ1n) is 7.30. The molecule has 0 aliphatic carbocycles. The summed E-state index contributed by atoms with van der Waals surface area (Å²) in [5.41, 5.74) is 3.09. The number of rotatable bonds is 6. The molecule has 0 saturated heterocycles. The predicted molar refractivity (Wildman–Crippen MR) is 80.0 cm³/mol. The monoisotopic (exact) mass is 273 g/mol. The molecule has 0 atom stereocenters. The third-order valence-electron chi connectivity index (χ3n) is 3.48. The van der Waals surface area contributed by atoms with E-state index in [0.717, 1.165) is 30.8 Å². The number of hydrogen-bond donors (Lipinski definition) is 0. The molecule has 0 bridgehead atoms. The Kier molecular flexibility index (Phi) is 4.42. The van der Waals surface area contributed by atoms with Crippen molar-refractivity contribution in [3.05, 3.63) is 41.5 Å². The molecule has 0 aliphatic heterocycles. The summed E-state index contributed by atoms with van der Waals surface area (Å²) in [6.45, 7) is 9.69. The second-order valence-electron chi connectivity index (χ2n) is 5.39. The van der Waals surface area contributed by atoms with Gasteiger partial charge in [0.15, 0.2) is 5.78 Å². The number of Topliss-reactive ketones (excluding diaryl/α,β-unsaturated/α-hetero) is 1. The van der Waals surface area contributed by atoms with Crippen LogP contribution in [0.1, 0.15) is 49.4 Å². The Labute approximate surface area is 120 Å². The molecule has 2 rings (SSSR count). The van der Waals surface area contributed by atoms with Crippen molar-refractivity contribution in [3.8, 4) is 0 Å². The Bertz CT molecular complexity index is 593. The summed E-state index contributed by atoms with van der Waals surface area (Å²) in [6.07, 6.45) is 4.85. The number of nitrogens with zero attached hydrogens (tertiary/aromatic N) is 3. The van der Waals surface area contributed by atoms with E-state index in [-0.39, 0.29) is 11.7 Å². The molecule has 0 saturated carbocycles. The summed E-state index contributed by atoms with van der Waals surface area (Å²) in [5.74, 6) is 0.237. The van der Waals surface area contributed by atoms with Crippen molar-refractivity contribution in [2.75, 3.05) is 0 Å². The number of hydrogen-bond acceptors (Lipinski definition) is 2. The fourth-order valence-electron chi connectivity index (χ4n) is 2.29. The molecule has 0 spiro atoms. The van der Waals surface area contributed by atoms with Gasteiger partial charge >= 0.3 is 0 Å². The van der Waals surface area contributed by atoms with Gasteiger partial charge in [0.25, 0.3) is 0 Å². The maximum Gasteiger partial charge on any atom is 0.166 e. The Balaban J connectivity index is 2.18. The number of aryl methyl sites for hydroxylation is 2. The van der Waals surface area contributed by atoms with Crippen molar-refractivity contribution < 1.29 is 4.79 Å². The SMILES string of the molecule is CCc1cc(Cn2ccc(C(=O)C(C)C)c2)n(CC)n1. The first kappa shape index (κ1) is 14.6. The Morgan fingerprint density at radius 1 is 1.35 bits per heavy atom. The molecule has 0 aliphatic rings. The van der Waals surface area contributed by atoms with Gasteiger partial charge in [-0.05, 0) is 25.5 Å². The Morgan fingerprint density at radius 3 is 2.70 bits per heavy atom. The molecule has 0 N–H and O–H groups in total. The van der Waals surface area contributed by atoms with Crippen molar-refractivity contribution >= 4 is 5.78 Å². The van der Waals surface area contributed by atoms with Crippen molar-refractivity contribution in [2.24, 2.45) is 5.92 Å². The van der Waals surface area contributed by atoms with E-state index in [1.165, 1.54) is 5.69 Å². The fraction of sp³-hybridized carbons (Fsp3) is 0.500. The van der Waals surface area contributed by atoms with Gasteiger partial charge in [0, 0.05) is 30.4 Å².